The molecule has 20 heavy (non-hydrogen) atoms. The number of rotatable bonds is 2. The van der Waals surface area contributed by atoms with Crippen molar-refractivity contribution in [1.82, 2.24) is 0 Å². The zero-order valence-electron chi connectivity index (χ0n) is 13.5. The maximum absolute atomic E-state index is 4.11. The van der Waals surface area contributed by atoms with Gasteiger partial charge in [-0.15, -0.1) is 0 Å². The quantitative estimate of drug-likeness (QED) is 0.573. The van der Waals surface area contributed by atoms with Crippen LogP contribution in [0.5, 0.6) is 0 Å². The second kappa shape index (κ2) is 5.16. The van der Waals surface area contributed by atoms with E-state index in [2.05, 4.69) is 50.5 Å². The normalized spacial score (nSPS) is 30.0. The Bertz CT molecular complexity index is 514. The lowest BCUT2D eigenvalue weighted by atomic mass is 9.79. The molecule has 4 atom stereocenters. The van der Waals surface area contributed by atoms with Gasteiger partial charge in [-0.2, -0.15) is 0 Å². The predicted octanol–water partition coefficient (Wildman–Crippen LogP) is 6.10. The molecule has 1 heteroatoms. The van der Waals surface area contributed by atoms with Gasteiger partial charge in [-0.25, -0.2) is 0 Å². The fourth-order valence-electron chi connectivity index (χ4n) is 4.81. The van der Waals surface area contributed by atoms with Gasteiger partial charge < -0.3 is 0 Å². The zero-order valence-corrected chi connectivity index (χ0v) is 15.1. The smallest absolute Gasteiger partial charge is 0.0431 e. The molecular weight excluding hydrogens is 308 g/mol. The third kappa shape index (κ3) is 2.08. The van der Waals surface area contributed by atoms with Gasteiger partial charge in [0.1, 0.15) is 0 Å². The van der Waals surface area contributed by atoms with Crippen molar-refractivity contribution in [3.05, 3.63) is 33.4 Å². The summed E-state index contributed by atoms with van der Waals surface area (Å²) in [4.78, 5) is 0.566. The summed E-state index contributed by atoms with van der Waals surface area (Å²) in [5.74, 6) is 2.87. The molecule has 2 aliphatic rings. The van der Waals surface area contributed by atoms with Crippen LogP contribution in [0.15, 0.2) is 0 Å². The molecule has 2 bridgehead atoms. The summed E-state index contributed by atoms with van der Waals surface area (Å²) in [6.07, 6.45) is 5.91. The van der Waals surface area contributed by atoms with Gasteiger partial charge in [0.25, 0.3) is 0 Å². The summed E-state index contributed by atoms with van der Waals surface area (Å²) in [5.41, 5.74) is 9.12. The lowest BCUT2D eigenvalue weighted by Gasteiger charge is -2.30. The number of alkyl halides is 1. The van der Waals surface area contributed by atoms with E-state index < -0.39 is 0 Å². The molecule has 1 aromatic rings. The summed E-state index contributed by atoms with van der Waals surface area (Å²) in [6, 6.07) is 0. The molecule has 0 amide bonds. The van der Waals surface area contributed by atoms with Crippen molar-refractivity contribution in [2.24, 2.45) is 17.8 Å². The molecule has 0 aromatic heterocycles. The molecule has 0 heterocycles. The van der Waals surface area contributed by atoms with Crippen LogP contribution in [-0.2, 0) is 0 Å². The number of benzene rings is 1. The molecule has 3 rings (SSSR count). The molecule has 0 aliphatic heterocycles. The largest absolute Gasteiger partial charge is 0.0835 e. The first-order valence-corrected chi connectivity index (χ1v) is 9.04. The van der Waals surface area contributed by atoms with Gasteiger partial charge in [0.2, 0.25) is 0 Å². The van der Waals surface area contributed by atoms with Crippen LogP contribution in [0.25, 0.3) is 0 Å². The lowest BCUT2D eigenvalue weighted by Crippen LogP contribution is -2.18. The first-order valence-electron chi connectivity index (χ1n) is 8.12. The SMILES string of the molecule is Cc1c(C)c(C)c(C(Br)C2CC3CCC2C3)c(C)c1C. The first kappa shape index (κ1) is 14.6. The molecule has 2 saturated carbocycles. The molecular formula is C19H27Br. The van der Waals surface area contributed by atoms with Crippen molar-refractivity contribution in [2.75, 3.05) is 0 Å². The second-order valence-corrected chi connectivity index (χ2v) is 8.27. The van der Waals surface area contributed by atoms with Crippen molar-refractivity contribution in [1.29, 1.82) is 0 Å². The molecule has 2 fully saturated rings. The monoisotopic (exact) mass is 334 g/mol. The van der Waals surface area contributed by atoms with E-state index in [9.17, 15) is 0 Å². The Morgan fingerprint density at radius 2 is 1.35 bits per heavy atom. The van der Waals surface area contributed by atoms with E-state index in [4.69, 9.17) is 0 Å². The van der Waals surface area contributed by atoms with Gasteiger partial charge in [-0.1, -0.05) is 22.4 Å². The third-order valence-electron chi connectivity index (χ3n) is 6.50. The fraction of sp³-hybridized carbons (Fsp3) is 0.684. The summed E-state index contributed by atoms with van der Waals surface area (Å²) in [5, 5.41) is 0. The van der Waals surface area contributed by atoms with Gasteiger partial charge in [0.05, 0.1) is 0 Å². The van der Waals surface area contributed by atoms with Crippen molar-refractivity contribution in [2.45, 2.75) is 65.1 Å². The van der Waals surface area contributed by atoms with E-state index in [0.29, 0.717) is 4.83 Å². The van der Waals surface area contributed by atoms with E-state index in [-0.39, 0.29) is 0 Å². The van der Waals surface area contributed by atoms with Crippen LogP contribution in [0.4, 0.5) is 0 Å². The summed E-state index contributed by atoms with van der Waals surface area (Å²) in [6.45, 7) is 11.5. The highest BCUT2D eigenvalue weighted by molar-refractivity contribution is 9.09. The van der Waals surface area contributed by atoms with Crippen LogP contribution in [0, 0.1) is 52.4 Å². The van der Waals surface area contributed by atoms with Crippen molar-refractivity contribution in [3.63, 3.8) is 0 Å². The standard InChI is InChI=1S/C19H27Br/c1-10-11(2)13(4)18(14(5)12(10)3)19(20)17-9-15-6-7-16(17)8-15/h15-17,19H,6-9H2,1-5H3. The van der Waals surface area contributed by atoms with Crippen LogP contribution >= 0.6 is 15.9 Å². The van der Waals surface area contributed by atoms with Crippen LogP contribution in [0.2, 0.25) is 0 Å². The molecule has 0 N–H and O–H groups in total. The fourth-order valence-corrected chi connectivity index (χ4v) is 6.14. The Hall–Kier alpha value is -0.300. The molecule has 1 aromatic carbocycles. The highest BCUT2D eigenvalue weighted by Crippen LogP contribution is 2.56. The molecule has 4 unspecified atom stereocenters. The minimum Gasteiger partial charge on any atom is -0.0835 e. The molecule has 0 saturated heterocycles. The van der Waals surface area contributed by atoms with Crippen LogP contribution in [-0.4, -0.2) is 0 Å². The van der Waals surface area contributed by atoms with E-state index in [1.165, 1.54) is 53.5 Å². The zero-order chi connectivity index (χ0) is 14.6. The summed E-state index contributed by atoms with van der Waals surface area (Å²) < 4.78 is 0. The Balaban J connectivity index is 2.02. The van der Waals surface area contributed by atoms with Gasteiger partial charge in [0, 0.05) is 4.83 Å². The van der Waals surface area contributed by atoms with Crippen molar-refractivity contribution < 1.29 is 0 Å². The van der Waals surface area contributed by atoms with Crippen molar-refractivity contribution in [3.8, 4) is 0 Å². The second-order valence-electron chi connectivity index (χ2n) is 7.28. The third-order valence-corrected chi connectivity index (χ3v) is 7.64. The van der Waals surface area contributed by atoms with Gasteiger partial charge >= 0.3 is 0 Å². The van der Waals surface area contributed by atoms with E-state index in [1.807, 2.05) is 0 Å². The summed E-state index contributed by atoms with van der Waals surface area (Å²) >= 11 is 4.11. The molecule has 2 aliphatic carbocycles. The minimum absolute atomic E-state index is 0.566. The van der Waals surface area contributed by atoms with E-state index in [0.717, 1.165) is 17.8 Å². The van der Waals surface area contributed by atoms with E-state index in [1.54, 1.807) is 5.56 Å². The molecule has 0 nitrogen and oxygen atoms in total. The molecule has 0 spiro atoms. The highest BCUT2D eigenvalue weighted by Gasteiger charge is 2.43. The first-order chi connectivity index (χ1) is 9.41. The van der Waals surface area contributed by atoms with Gasteiger partial charge in [0.15, 0.2) is 0 Å². The summed E-state index contributed by atoms with van der Waals surface area (Å²) in [7, 11) is 0. The topological polar surface area (TPSA) is 0 Å². The Kier molecular flexibility index (Phi) is 3.77. The average molecular weight is 335 g/mol. The van der Waals surface area contributed by atoms with Gasteiger partial charge in [-0.05, 0) is 105 Å². The number of hydrogen-bond donors (Lipinski definition) is 0. The Morgan fingerprint density at radius 1 is 0.800 bits per heavy atom. The number of fused-ring (bicyclic) bond motifs is 2. The number of hydrogen-bond acceptors (Lipinski definition) is 0. The molecule has 0 radical (unpaired) electrons. The maximum Gasteiger partial charge on any atom is 0.0431 e. The van der Waals surface area contributed by atoms with Crippen LogP contribution in [0.3, 0.4) is 0 Å². The lowest BCUT2D eigenvalue weighted by molar-refractivity contribution is 0.328. The maximum atomic E-state index is 4.11. The van der Waals surface area contributed by atoms with E-state index >= 15 is 0 Å². The predicted molar refractivity (Wildman–Crippen MR) is 90.7 cm³/mol. The average Bonchev–Trinajstić information content (AvgIpc) is 3.05. The minimum atomic E-state index is 0.566. The van der Waals surface area contributed by atoms with Crippen molar-refractivity contribution >= 4 is 15.9 Å². The molecule has 110 valence electrons. The highest BCUT2D eigenvalue weighted by atomic mass is 79.9. The van der Waals surface area contributed by atoms with Gasteiger partial charge in [-0.3, -0.25) is 0 Å². The Labute approximate surface area is 132 Å². The van der Waals surface area contributed by atoms with Crippen LogP contribution < -0.4 is 0 Å². The number of halogens is 1. The Morgan fingerprint density at radius 3 is 1.80 bits per heavy atom. The van der Waals surface area contributed by atoms with Crippen LogP contribution in [0.1, 0.15) is 63.9 Å².